The van der Waals surface area contributed by atoms with Crippen LogP contribution in [0.1, 0.15) is 19.3 Å². The van der Waals surface area contributed by atoms with E-state index in [0.717, 1.165) is 19.3 Å². The Morgan fingerprint density at radius 2 is 1.95 bits per heavy atom. The monoisotopic (exact) mass is 344 g/mol. The molecule has 1 aromatic heterocycles. The number of halogens is 1. The Labute approximate surface area is 134 Å². The van der Waals surface area contributed by atoms with Crippen molar-refractivity contribution in [3.63, 3.8) is 0 Å². The number of nitrogens with two attached hydrogens (primary N) is 1. The van der Waals surface area contributed by atoms with Crippen LogP contribution >= 0.6 is 12.4 Å². The first kappa shape index (κ1) is 17.0. The first-order chi connectivity index (χ1) is 9.88. The maximum absolute atomic E-state index is 12.3. The van der Waals surface area contributed by atoms with E-state index in [1.807, 2.05) is 0 Å². The second-order valence-corrected chi connectivity index (χ2v) is 7.26. The zero-order valence-electron chi connectivity index (χ0n) is 11.7. The first-order valence-corrected chi connectivity index (χ1v) is 8.19. The molecule has 8 heteroatoms. The Hall–Kier alpha value is -1.41. The van der Waals surface area contributed by atoms with Crippen molar-refractivity contribution in [2.24, 2.45) is 5.73 Å². The summed E-state index contributed by atoms with van der Waals surface area (Å²) >= 11 is 0. The molecule has 1 saturated carbocycles. The predicted molar refractivity (Wildman–Crippen MR) is 85.7 cm³/mol. The molecule has 0 radical (unpaired) electrons. The summed E-state index contributed by atoms with van der Waals surface area (Å²) in [7, 11) is -3.62. The van der Waals surface area contributed by atoms with E-state index in [-0.39, 0.29) is 23.8 Å². The predicted octanol–water partition coefficient (Wildman–Crippen LogP) is 1.37. The molecule has 1 aliphatic carbocycles. The van der Waals surface area contributed by atoms with Crippen LogP contribution in [0, 0.1) is 0 Å². The normalized spacial score (nSPS) is 16.8. The standard InChI is InChI=1S/C14H16N2O4S.ClH/c15-14(6-1-7-14)9-16-21(18,19)11-3-4-12-10(8-11)2-5-13(17)20-12;/h2-5,8,16H,1,6-7,9,15H2;1H. The summed E-state index contributed by atoms with van der Waals surface area (Å²) in [6.45, 7) is 0.233. The minimum absolute atomic E-state index is 0. The third-order valence-electron chi connectivity index (χ3n) is 3.86. The third-order valence-corrected chi connectivity index (χ3v) is 5.26. The van der Waals surface area contributed by atoms with Crippen LogP contribution in [0.25, 0.3) is 11.0 Å². The van der Waals surface area contributed by atoms with E-state index in [1.165, 1.54) is 30.3 Å². The minimum Gasteiger partial charge on any atom is -0.423 e. The fraction of sp³-hybridized carbons (Fsp3) is 0.357. The number of nitrogens with one attached hydrogen (secondary N) is 1. The lowest BCUT2D eigenvalue weighted by atomic mass is 9.78. The quantitative estimate of drug-likeness (QED) is 0.815. The number of hydrogen-bond donors (Lipinski definition) is 2. The Bertz CT molecular complexity index is 843. The van der Waals surface area contributed by atoms with Gasteiger partial charge in [-0.1, -0.05) is 0 Å². The van der Waals surface area contributed by atoms with Crippen molar-refractivity contribution in [1.82, 2.24) is 4.72 Å². The molecule has 0 amide bonds. The SMILES string of the molecule is Cl.NC1(CNS(=O)(=O)c2ccc3oc(=O)ccc3c2)CCC1. The van der Waals surface area contributed by atoms with Gasteiger partial charge in [0.1, 0.15) is 5.58 Å². The van der Waals surface area contributed by atoms with Crippen LogP contribution in [0.5, 0.6) is 0 Å². The molecule has 3 N–H and O–H groups in total. The van der Waals surface area contributed by atoms with Crippen molar-refractivity contribution in [2.75, 3.05) is 6.54 Å². The summed E-state index contributed by atoms with van der Waals surface area (Å²) in [5.41, 5.74) is 5.49. The average molecular weight is 345 g/mol. The molecule has 0 bridgehead atoms. The number of rotatable bonds is 4. The van der Waals surface area contributed by atoms with Crippen LogP contribution in [0.3, 0.4) is 0 Å². The van der Waals surface area contributed by atoms with E-state index in [2.05, 4.69) is 4.72 Å². The molecule has 2 aromatic rings. The maximum atomic E-state index is 12.3. The van der Waals surface area contributed by atoms with Gasteiger partial charge in [-0.15, -0.1) is 12.4 Å². The van der Waals surface area contributed by atoms with Crippen LogP contribution in [0.2, 0.25) is 0 Å². The van der Waals surface area contributed by atoms with Gasteiger partial charge >= 0.3 is 5.63 Å². The molecule has 6 nitrogen and oxygen atoms in total. The summed E-state index contributed by atoms with van der Waals surface area (Å²) in [6, 6.07) is 7.17. The average Bonchev–Trinajstić information content (AvgIpc) is 2.42. The maximum Gasteiger partial charge on any atom is 0.336 e. The molecule has 0 unspecified atom stereocenters. The Balaban J connectivity index is 0.00000176. The van der Waals surface area contributed by atoms with Gasteiger partial charge in [-0.2, -0.15) is 0 Å². The molecular formula is C14H17ClN2O4S. The van der Waals surface area contributed by atoms with E-state index >= 15 is 0 Å². The van der Waals surface area contributed by atoms with E-state index in [0.29, 0.717) is 11.0 Å². The van der Waals surface area contributed by atoms with Gasteiger partial charge in [0.2, 0.25) is 10.0 Å². The highest BCUT2D eigenvalue weighted by molar-refractivity contribution is 7.89. The van der Waals surface area contributed by atoms with Crippen molar-refractivity contribution in [3.05, 3.63) is 40.8 Å². The second kappa shape index (κ2) is 6.00. The zero-order valence-corrected chi connectivity index (χ0v) is 13.4. The molecule has 22 heavy (non-hydrogen) atoms. The van der Waals surface area contributed by atoms with Crippen molar-refractivity contribution in [1.29, 1.82) is 0 Å². The van der Waals surface area contributed by atoms with Gasteiger partial charge in [-0.25, -0.2) is 17.9 Å². The summed E-state index contributed by atoms with van der Waals surface area (Å²) < 4.78 is 32.1. The summed E-state index contributed by atoms with van der Waals surface area (Å²) in [6.07, 6.45) is 2.70. The highest BCUT2D eigenvalue weighted by Crippen LogP contribution is 2.28. The van der Waals surface area contributed by atoms with Gasteiger partial charge in [0.25, 0.3) is 0 Å². The van der Waals surface area contributed by atoms with Crippen molar-refractivity contribution < 1.29 is 12.8 Å². The molecule has 0 saturated heterocycles. The molecule has 0 aliphatic heterocycles. The molecule has 1 aliphatic rings. The smallest absolute Gasteiger partial charge is 0.336 e. The lowest BCUT2D eigenvalue weighted by molar-refractivity contribution is 0.251. The van der Waals surface area contributed by atoms with E-state index in [9.17, 15) is 13.2 Å². The van der Waals surface area contributed by atoms with Crippen molar-refractivity contribution >= 4 is 33.4 Å². The first-order valence-electron chi connectivity index (χ1n) is 6.71. The second-order valence-electron chi connectivity index (χ2n) is 5.49. The third kappa shape index (κ3) is 3.33. The van der Waals surface area contributed by atoms with Gasteiger partial charge < -0.3 is 10.2 Å². The molecule has 0 atom stereocenters. The van der Waals surface area contributed by atoms with Gasteiger partial charge in [-0.3, -0.25) is 0 Å². The number of hydrogen-bond acceptors (Lipinski definition) is 5. The number of fused-ring (bicyclic) bond motifs is 1. The summed E-state index contributed by atoms with van der Waals surface area (Å²) in [4.78, 5) is 11.2. The molecule has 1 heterocycles. The Morgan fingerprint density at radius 3 is 2.59 bits per heavy atom. The topological polar surface area (TPSA) is 102 Å². The summed E-state index contributed by atoms with van der Waals surface area (Å²) in [5, 5.41) is 0.559. The molecule has 3 rings (SSSR count). The minimum atomic E-state index is -3.62. The molecule has 1 fully saturated rings. The number of benzene rings is 1. The van der Waals surface area contributed by atoms with Crippen LogP contribution in [-0.2, 0) is 10.0 Å². The lowest BCUT2D eigenvalue weighted by Crippen LogP contribution is -2.54. The van der Waals surface area contributed by atoms with Crippen LogP contribution in [0.4, 0.5) is 0 Å². The Kier molecular flexibility index (Phi) is 4.62. The Morgan fingerprint density at radius 1 is 1.23 bits per heavy atom. The highest BCUT2D eigenvalue weighted by atomic mass is 35.5. The molecule has 0 spiro atoms. The zero-order chi connectivity index (χ0) is 15.1. The van der Waals surface area contributed by atoms with Crippen molar-refractivity contribution in [3.8, 4) is 0 Å². The van der Waals surface area contributed by atoms with Crippen LogP contribution in [-0.4, -0.2) is 20.5 Å². The highest BCUT2D eigenvalue weighted by Gasteiger charge is 2.33. The van der Waals surface area contributed by atoms with Gasteiger partial charge in [0, 0.05) is 23.5 Å². The largest absolute Gasteiger partial charge is 0.423 e. The van der Waals surface area contributed by atoms with Crippen LogP contribution < -0.4 is 16.1 Å². The fourth-order valence-corrected chi connectivity index (χ4v) is 3.52. The number of sulfonamides is 1. The van der Waals surface area contributed by atoms with Gasteiger partial charge in [-0.05, 0) is 43.5 Å². The fourth-order valence-electron chi connectivity index (χ4n) is 2.35. The van der Waals surface area contributed by atoms with E-state index in [1.54, 1.807) is 0 Å². The van der Waals surface area contributed by atoms with Gasteiger partial charge in [0.05, 0.1) is 4.90 Å². The van der Waals surface area contributed by atoms with E-state index < -0.39 is 21.2 Å². The molecule has 1 aromatic carbocycles. The summed E-state index contributed by atoms with van der Waals surface area (Å²) in [5.74, 6) is 0. The van der Waals surface area contributed by atoms with E-state index in [4.69, 9.17) is 10.2 Å². The molecule has 120 valence electrons. The van der Waals surface area contributed by atoms with Crippen LogP contribution in [0.15, 0.2) is 44.4 Å². The van der Waals surface area contributed by atoms with Crippen molar-refractivity contribution in [2.45, 2.75) is 29.7 Å². The van der Waals surface area contributed by atoms with Gasteiger partial charge in [0.15, 0.2) is 0 Å². The lowest BCUT2D eigenvalue weighted by Gasteiger charge is -2.38. The molecular weight excluding hydrogens is 328 g/mol.